The van der Waals surface area contributed by atoms with Gasteiger partial charge >= 0.3 is 0 Å². The molecule has 0 heterocycles. The molecule has 0 saturated carbocycles. The molecule has 0 aliphatic rings. The maximum atomic E-state index is 14.9. The van der Waals surface area contributed by atoms with Crippen LogP contribution < -0.4 is 0 Å². The quantitative estimate of drug-likeness (QED) is 0.194. The van der Waals surface area contributed by atoms with Crippen molar-refractivity contribution in [3.8, 4) is 11.8 Å². The van der Waals surface area contributed by atoms with E-state index in [1.54, 1.807) is 0 Å². The number of allylic oxidation sites excluding steroid dienone is 1. The van der Waals surface area contributed by atoms with Crippen molar-refractivity contribution in [1.29, 1.82) is 0 Å². The van der Waals surface area contributed by atoms with E-state index in [4.69, 9.17) is 0 Å². The molecule has 30 heavy (non-hydrogen) atoms. The van der Waals surface area contributed by atoms with Crippen LogP contribution in [0, 0.1) is 17.7 Å². The van der Waals surface area contributed by atoms with E-state index in [2.05, 4.69) is 49.6 Å². The summed E-state index contributed by atoms with van der Waals surface area (Å²) in [6, 6.07) is 18.1. The lowest BCUT2D eigenvalue weighted by Crippen LogP contribution is -1.93. The summed E-state index contributed by atoms with van der Waals surface area (Å²) >= 11 is 0. The fourth-order valence-electron chi connectivity index (χ4n) is 3.69. The number of halogens is 1. The number of fused-ring (bicyclic) bond motifs is 1. The van der Waals surface area contributed by atoms with Gasteiger partial charge in [0.15, 0.2) is 0 Å². The maximum Gasteiger partial charge on any atom is 0.134 e. The van der Waals surface area contributed by atoms with Gasteiger partial charge in [-0.3, -0.25) is 0 Å². The Morgan fingerprint density at radius 3 is 2.33 bits per heavy atom. The summed E-state index contributed by atoms with van der Waals surface area (Å²) in [5.74, 6) is 6.36. The van der Waals surface area contributed by atoms with E-state index in [0.29, 0.717) is 5.39 Å². The van der Waals surface area contributed by atoms with E-state index in [1.807, 2.05) is 36.4 Å². The summed E-state index contributed by atoms with van der Waals surface area (Å²) in [7, 11) is 0. The van der Waals surface area contributed by atoms with Gasteiger partial charge in [0.05, 0.1) is 0 Å². The molecule has 3 aromatic carbocycles. The average molecular weight is 399 g/mol. The summed E-state index contributed by atoms with van der Waals surface area (Å²) in [5, 5.41) is 1.60. The van der Waals surface area contributed by atoms with Crippen LogP contribution in [0.15, 0.2) is 67.3 Å². The maximum absolute atomic E-state index is 14.9. The molecule has 0 saturated heterocycles. The van der Waals surface area contributed by atoms with E-state index < -0.39 is 0 Å². The first kappa shape index (κ1) is 21.8. The first-order valence-corrected chi connectivity index (χ1v) is 11.1. The molecule has 0 radical (unpaired) electrons. The Hall–Kier alpha value is -2.85. The van der Waals surface area contributed by atoms with Gasteiger partial charge in [-0.2, -0.15) is 0 Å². The van der Waals surface area contributed by atoms with Crippen LogP contribution in [0.4, 0.5) is 4.39 Å². The van der Waals surface area contributed by atoms with Crippen molar-refractivity contribution in [2.45, 2.75) is 58.3 Å². The van der Waals surface area contributed by atoms with Crippen LogP contribution in [0.5, 0.6) is 0 Å². The topological polar surface area (TPSA) is 0 Å². The highest BCUT2D eigenvalue weighted by Gasteiger charge is 2.07. The van der Waals surface area contributed by atoms with Crippen LogP contribution >= 0.6 is 0 Å². The van der Waals surface area contributed by atoms with E-state index >= 15 is 0 Å². The van der Waals surface area contributed by atoms with Crippen LogP contribution in [0.1, 0.15) is 67.7 Å². The zero-order chi connectivity index (χ0) is 21.2. The molecular formula is C29H31F. The molecule has 0 spiro atoms. The average Bonchev–Trinajstić information content (AvgIpc) is 2.78. The Morgan fingerprint density at radius 2 is 1.57 bits per heavy atom. The molecule has 0 aliphatic carbocycles. The van der Waals surface area contributed by atoms with E-state index in [9.17, 15) is 4.39 Å². The van der Waals surface area contributed by atoms with E-state index in [0.717, 1.165) is 47.8 Å². The molecule has 0 amide bonds. The molecule has 0 N–H and O–H groups in total. The van der Waals surface area contributed by atoms with Crippen molar-refractivity contribution >= 4 is 10.8 Å². The number of hydrogen-bond donors (Lipinski definition) is 0. The first-order chi connectivity index (χ1) is 14.7. The van der Waals surface area contributed by atoms with Crippen molar-refractivity contribution in [2.24, 2.45) is 0 Å². The zero-order valence-electron chi connectivity index (χ0n) is 18.0. The van der Waals surface area contributed by atoms with Crippen molar-refractivity contribution in [1.82, 2.24) is 0 Å². The third-order valence-corrected chi connectivity index (χ3v) is 5.53. The predicted molar refractivity (Wildman–Crippen MR) is 127 cm³/mol. The van der Waals surface area contributed by atoms with Gasteiger partial charge in [-0.05, 0) is 66.5 Å². The summed E-state index contributed by atoms with van der Waals surface area (Å²) in [5.41, 5.74) is 4.02. The monoisotopic (exact) mass is 398 g/mol. The van der Waals surface area contributed by atoms with Gasteiger partial charge in [0.2, 0.25) is 0 Å². The van der Waals surface area contributed by atoms with E-state index in [1.165, 1.54) is 31.2 Å². The van der Waals surface area contributed by atoms with Gasteiger partial charge in [-0.1, -0.05) is 80.9 Å². The normalized spacial score (nSPS) is 10.6. The van der Waals surface area contributed by atoms with Crippen LogP contribution in [0.2, 0.25) is 0 Å². The van der Waals surface area contributed by atoms with Gasteiger partial charge in [-0.15, -0.1) is 6.58 Å². The minimum atomic E-state index is -0.0717. The molecule has 0 fully saturated rings. The van der Waals surface area contributed by atoms with Gasteiger partial charge in [0.1, 0.15) is 5.82 Å². The molecule has 3 aromatic rings. The zero-order valence-corrected chi connectivity index (χ0v) is 18.0. The molecule has 154 valence electrons. The van der Waals surface area contributed by atoms with Crippen LogP contribution in [-0.4, -0.2) is 0 Å². The first-order valence-electron chi connectivity index (χ1n) is 11.1. The standard InChI is InChI=1S/C29H31F/c1-3-5-7-8-9-11-26-19-20-27-22-25(18-21-28(27)29(26)30)17-16-24-14-12-23(13-15-24)10-6-4-2/h4,12-15,18-22H,2-3,5-11H2,1H3. The third kappa shape index (κ3) is 6.07. The summed E-state index contributed by atoms with van der Waals surface area (Å²) in [6.07, 6.45) is 10.7. The minimum absolute atomic E-state index is 0.0717. The second kappa shape index (κ2) is 11.4. The summed E-state index contributed by atoms with van der Waals surface area (Å²) in [6.45, 7) is 5.98. The van der Waals surface area contributed by atoms with Crippen molar-refractivity contribution in [3.05, 3.63) is 95.3 Å². The smallest absolute Gasteiger partial charge is 0.134 e. The molecule has 0 aromatic heterocycles. The lowest BCUT2D eigenvalue weighted by atomic mass is 9.99. The highest BCUT2D eigenvalue weighted by atomic mass is 19.1. The number of rotatable bonds is 9. The fraction of sp³-hybridized carbons (Fsp3) is 0.310. The second-order valence-electron chi connectivity index (χ2n) is 7.91. The van der Waals surface area contributed by atoms with Crippen LogP contribution in [0.25, 0.3) is 10.8 Å². The Bertz CT molecular complexity index is 1030. The SMILES string of the molecule is C=CCCc1ccc(C#Cc2ccc3c(F)c(CCCCCCC)ccc3c2)cc1. The number of hydrogen-bond acceptors (Lipinski definition) is 0. The van der Waals surface area contributed by atoms with E-state index in [-0.39, 0.29) is 5.82 Å². The minimum Gasteiger partial charge on any atom is -0.206 e. The van der Waals surface area contributed by atoms with Crippen LogP contribution in [0.3, 0.4) is 0 Å². The Morgan fingerprint density at radius 1 is 0.833 bits per heavy atom. The molecule has 0 aliphatic heterocycles. The molecule has 0 atom stereocenters. The highest BCUT2D eigenvalue weighted by Crippen LogP contribution is 2.24. The Balaban J connectivity index is 1.69. The van der Waals surface area contributed by atoms with Gasteiger partial charge < -0.3 is 0 Å². The Labute approximate surface area is 180 Å². The molecule has 0 unspecified atom stereocenters. The van der Waals surface area contributed by atoms with Crippen molar-refractivity contribution in [2.75, 3.05) is 0 Å². The molecule has 0 nitrogen and oxygen atoms in total. The van der Waals surface area contributed by atoms with Gasteiger partial charge in [-0.25, -0.2) is 4.39 Å². The largest absolute Gasteiger partial charge is 0.206 e. The second-order valence-corrected chi connectivity index (χ2v) is 7.91. The third-order valence-electron chi connectivity index (χ3n) is 5.53. The summed E-state index contributed by atoms with van der Waals surface area (Å²) < 4.78 is 14.9. The molecular weight excluding hydrogens is 367 g/mol. The van der Waals surface area contributed by atoms with Gasteiger partial charge in [0.25, 0.3) is 0 Å². The molecule has 3 rings (SSSR count). The summed E-state index contributed by atoms with van der Waals surface area (Å²) in [4.78, 5) is 0. The van der Waals surface area contributed by atoms with Crippen LogP contribution in [-0.2, 0) is 12.8 Å². The van der Waals surface area contributed by atoms with Crippen molar-refractivity contribution in [3.63, 3.8) is 0 Å². The Kier molecular flexibility index (Phi) is 8.28. The fourth-order valence-corrected chi connectivity index (χ4v) is 3.69. The lowest BCUT2D eigenvalue weighted by molar-refractivity contribution is 0.595. The molecule has 0 bridgehead atoms. The van der Waals surface area contributed by atoms with Crippen molar-refractivity contribution < 1.29 is 4.39 Å². The molecule has 1 heteroatoms. The highest BCUT2D eigenvalue weighted by molar-refractivity contribution is 5.85. The predicted octanol–water partition coefficient (Wildman–Crippen LogP) is 8.01. The number of benzene rings is 3. The number of unbranched alkanes of at least 4 members (excludes halogenated alkanes) is 4. The van der Waals surface area contributed by atoms with Gasteiger partial charge in [0, 0.05) is 16.5 Å². The lowest BCUT2D eigenvalue weighted by Gasteiger charge is -2.07. The number of aryl methyl sites for hydroxylation is 2.